The van der Waals surface area contributed by atoms with Gasteiger partial charge in [0.2, 0.25) is 0 Å². The van der Waals surface area contributed by atoms with E-state index in [0.717, 1.165) is 31.4 Å². The van der Waals surface area contributed by atoms with Crippen LogP contribution in [0, 0.1) is 0 Å². The molecule has 136 valence electrons. The third-order valence-corrected chi connectivity index (χ3v) is 5.24. The first-order valence-electron chi connectivity index (χ1n) is 9.11. The molecule has 0 heterocycles. The van der Waals surface area contributed by atoms with Gasteiger partial charge in [-0.2, -0.15) is 0 Å². The minimum Gasteiger partial charge on any atom is -0.493 e. The van der Waals surface area contributed by atoms with Gasteiger partial charge >= 0.3 is 0 Å². The van der Waals surface area contributed by atoms with Crippen LogP contribution in [0.2, 0.25) is 0 Å². The van der Waals surface area contributed by atoms with Gasteiger partial charge in [0.25, 0.3) is 6.47 Å². The highest BCUT2D eigenvalue weighted by Crippen LogP contribution is 2.38. The Bertz CT molecular complexity index is 518. The zero-order chi connectivity index (χ0) is 18.2. The van der Waals surface area contributed by atoms with Crippen LogP contribution in [0.25, 0.3) is 0 Å². The van der Waals surface area contributed by atoms with Crippen LogP contribution < -0.4 is 4.74 Å². The van der Waals surface area contributed by atoms with Crippen molar-refractivity contribution in [3.63, 3.8) is 0 Å². The Morgan fingerprint density at radius 2 is 1.58 bits per heavy atom. The van der Waals surface area contributed by atoms with Gasteiger partial charge in [0.1, 0.15) is 5.75 Å². The van der Waals surface area contributed by atoms with E-state index in [4.69, 9.17) is 9.47 Å². The van der Waals surface area contributed by atoms with Crippen molar-refractivity contribution >= 4 is 6.47 Å². The summed E-state index contributed by atoms with van der Waals surface area (Å²) in [7, 11) is 0. The second-order valence-corrected chi connectivity index (χ2v) is 7.71. The van der Waals surface area contributed by atoms with E-state index in [9.17, 15) is 4.79 Å². The minimum atomic E-state index is 0.0792. The van der Waals surface area contributed by atoms with Crippen molar-refractivity contribution in [1.29, 1.82) is 0 Å². The van der Waals surface area contributed by atoms with Crippen molar-refractivity contribution in [1.82, 2.24) is 0 Å². The third-order valence-electron chi connectivity index (χ3n) is 5.24. The van der Waals surface area contributed by atoms with E-state index in [2.05, 4.69) is 59.7 Å². The third kappa shape index (κ3) is 5.54. The Labute approximate surface area is 147 Å². The molecule has 0 atom stereocenters. The zero-order valence-electron chi connectivity index (χ0n) is 16.3. The standard InChI is InChI=1S/C21H34O3/c1-7-20(3,4)17-11-12-19(18(15-17)21(5,6)8-2)24-14-10-9-13-23-16-22/h11-12,15-16H,7-10,13-14H2,1-6H3. The van der Waals surface area contributed by atoms with Gasteiger partial charge in [0.15, 0.2) is 0 Å². The van der Waals surface area contributed by atoms with E-state index in [1.807, 2.05) is 0 Å². The molecular formula is C21H34O3. The van der Waals surface area contributed by atoms with Crippen LogP contribution in [0.1, 0.15) is 78.4 Å². The molecule has 0 amide bonds. The lowest BCUT2D eigenvalue weighted by Gasteiger charge is -2.30. The zero-order valence-corrected chi connectivity index (χ0v) is 16.3. The normalized spacial score (nSPS) is 12.1. The minimum absolute atomic E-state index is 0.0792. The van der Waals surface area contributed by atoms with E-state index in [1.54, 1.807) is 0 Å². The fourth-order valence-corrected chi connectivity index (χ4v) is 2.52. The molecule has 3 heteroatoms. The summed E-state index contributed by atoms with van der Waals surface area (Å²) in [6.45, 7) is 15.2. The monoisotopic (exact) mass is 334 g/mol. The van der Waals surface area contributed by atoms with Crippen LogP contribution in [-0.4, -0.2) is 19.7 Å². The van der Waals surface area contributed by atoms with Gasteiger partial charge in [0.05, 0.1) is 13.2 Å². The van der Waals surface area contributed by atoms with Crippen molar-refractivity contribution in [2.24, 2.45) is 0 Å². The van der Waals surface area contributed by atoms with Crippen LogP contribution in [0.4, 0.5) is 0 Å². The first-order chi connectivity index (χ1) is 11.3. The topological polar surface area (TPSA) is 35.5 Å². The first-order valence-corrected chi connectivity index (χ1v) is 9.11. The number of hydrogen-bond donors (Lipinski definition) is 0. The van der Waals surface area contributed by atoms with Crippen molar-refractivity contribution < 1.29 is 14.3 Å². The smallest absolute Gasteiger partial charge is 0.293 e. The maximum Gasteiger partial charge on any atom is 0.293 e. The molecule has 0 aliphatic rings. The molecule has 0 aliphatic heterocycles. The summed E-state index contributed by atoms with van der Waals surface area (Å²) in [5.74, 6) is 0.980. The maximum absolute atomic E-state index is 10.1. The summed E-state index contributed by atoms with van der Waals surface area (Å²) in [5, 5.41) is 0. The molecule has 0 radical (unpaired) electrons. The number of hydrogen-bond acceptors (Lipinski definition) is 3. The number of carbonyl (C=O) groups is 1. The molecule has 0 bridgehead atoms. The average Bonchev–Trinajstić information content (AvgIpc) is 2.57. The molecule has 0 aromatic heterocycles. The van der Waals surface area contributed by atoms with E-state index >= 15 is 0 Å². The molecule has 0 saturated heterocycles. The van der Waals surface area contributed by atoms with Gasteiger partial charge in [-0.15, -0.1) is 0 Å². The van der Waals surface area contributed by atoms with Gasteiger partial charge in [-0.3, -0.25) is 4.79 Å². The number of ether oxygens (including phenoxy) is 2. The SMILES string of the molecule is CCC(C)(C)c1ccc(OCCCCOC=O)c(C(C)(C)CC)c1. The predicted molar refractivity (Wildman–Crippen MR) is 99.8 cm³/mol. The Kier molecular flexibility index (Phi) is 7.78. The lowest BCUT2D eigenvalue weighted by atomic mass is 9.76. The Balaban J connectivity index is 2.92. The van der Waals surface area contributed by atoms with Crippen molar-refractivity contribution in [3.8, 4) is 5.75 Å². The van der Waals surface area contributed by atoms with Crippen molar-refractivity contribution in [2.45, 2.75) is 78.1 Å². The van der Waals surface area contributed by atoms with E-state index in [-0.39, 0.29) is 10.8 Å². The molecule has 1 rings (SSSR count). The Morgan fingerprint density at radius 3 is 2.17 bits per heavy atom. The molecule has 0 fully saturated rings. The van der Waals surface area contributed by atoms with Gasteiger partial charge in [-0.25, -0.2) is 0 Å². The molecule has 0 spiro atoms. The summed E-state index contributed by atoms with van der Waals surface area (Å²) < 4.78 is 10.8. The second-order valence-electron chi connectivity index (χ2n) is 7.71. The highest BCUT2D eigenvalue weighted by molar-refractivity contribution is 5.44. The molecule has 24 heavy (non-hydrogen) atoms. The number of rotatable bonds is 11. The molecule has 0 aliphatic carbocycles. The summed E-state index contributed by atoms with van der Waals surface area (Å²) in [4.78, 5) is 10.1. The number of benzene rings is 1. The van der Waals surface area contributed by atoms with Crippen LogP contribution in [0.5, 0.6) is 5.75 Å². The van der Waals surface area contributed by atoms with Crippen LogP contribution in [0.15, 0.2) is 18.2 Å². The molecule has 1 aromatic carbocycles. The van der Waals surface area contributed by atoms with E-state index in [1.165, 1.54) is 11.1 Å². The molecule has 1 aromatic rings. The second kappa shape index (κ2) is 9.10. The fraction of sp³-hybridized carbons (Fsp3) is 0.667. The first kappa shape index (κ1) is 20.5. The fourth-order valence-electron chi connectivity index (χ4n) is 2.52. The van der Waals surface area contributed by atoms with Crippen molar-refractivity contribution in [3.05, 3.63) is 29.3 Å². The van der Waals surface area contributed by atoms with Gasteiger partial charge in [-0.05, 0) is 48.1 Å². The summed E-state index contributed by atoms with van der Waals surface area (Å²) >= 11 is 0. The molecular weight excluding hydrogens is 300 g/mol. The number of carbonyl (C=O) groups excluding carboxylic acids is 1. The number of unbranched alkanes of at least 4 members (excludes halogenated alkanes) is 1. The highest BCUT2D eigenvalue weighted by atomic mass is 16.5. The quantitative estimate of drug-likeness (QED) is 0.402. The largest absolute Gasteiger partial charge is 0.493 e. The summed E-state index contributed by atoms with van der Waals surface area (Å²) in [5.41, 5.74) is 2.90. The molecule has 3 nitrogen and oxygen atoms in total. The Morgan fingerprint density at radius 1 is 0.958 bits per heavy atom. The Hall–Kier alpha value is -1.51. The van der Waals surface area contributed by atoms with Crippen LogP contribution in [-0.2, 0) is 20.4 Å². The lowest BCUT2D eigenvalue weighted by Crippen LogP contribution is -2.21. The highest BCUT2D eigenvalue weighted by Gasteiger charge is 2.26. The lowest BCUT2D eigenvalue weighted by molar-refractivity contribution is -0.128. The average molecular weight is 335 g/mol. The molecule has 0 N–H and O–H groups in total. The van der Waals surface area contributed by atoms with Gasteiger partial charge < -0.3 is 9.47 Å². The molecule has 0 saturated carbocycles. The van der Waals surface area contributed by atoms with Crippen LogP contribution >= 0.6 is 0 Å². The predicted octanol–water partition coefficient (Wildman–Crippen LogP) is 5.39. The van der Waals surface area contributed by atoms with Crippen LogP contribution in [0.3, 0.4) is 0 Å². The van der Waals surface area contributed by atoms with Crippen molar-refractivity contribution in [2.75, 3.05) is 13.2 Å². The maximum atomic E-state index is 10.1. The van der Waals surface area contributed by atoms with E-state index < -0.39 is 0 Å². The summed E-state index contributed by atoms with van der Waals surface area (Å²) in [6, 6.07) is 6.66. The summed E-state index contributed by atoms with van der Waals surface area (Å²) in [6.07, 6.45) is 3.87. The van der Waals surface area contributed by atoms with E-state index in [0.29, 0.717) is 19.7 Å². The molecule has 0 unspecified atom stereocenters. The van der Waals surface area contributed by atoms with Gasteiger partial charge in [-0.1, -0.05) is 53.7 Å². The van der Waals surface area contributed by atoms with Gasteiger partial charge in [0, 0.05) is 5.56 Å².